The highest BCUT2D eigenvalue weighted by atomic mass is 35.5. The fraction of sp³-hybridized carbons (Fsp3) is 0.412. The second-order valence-electron chi connectivity index (χ2n) is 3.86. The van der Waals surface area contributed by atoms with Crippen LogP contribution in [0.4, 0.5) is 0 Å². The van der Waals surface area contributed by atoms with Gasteiger partial charge in [0, 0.05) is 11.6 Å². The lowest BCUT2D eigenvalue weighted by Crippen LogP contribution is -2.08. The Kier molecular flexibility index (Phi) is 34.7. The van der Waals surface area contributed by atoms with Crippen molar-refractivity contribution in [2.45, 2.75) is 26.7 Å². The van der Waals surface area contributed by atoms with Crippen LogP contribution >= 0.6 is 34.8 Å². The molecule has 0 aliphatic rings. The van der Waals surface area contributed by atoms with Crippen LogP contribution in [0, 0.1) is 0 Å². The number of ether oxygens (including phenoxy) is 2. The Bertz CT molecular complexity index is 390. The average Bonchev–Trinajstić information content (AvgIpc) is 2.53. The summed E-state index contributed by atoms with van der Waals surface area (Å²) < 4.78 is 9.25. The van der Waals surface area contributed by atoms with Crippen molar-refractivity contribution < 1.29 is 24.2 Å². The lowest BCUT2D eigenvalue weighted by atomic mass is 10.4. The molecule has 0 aliphatic carbocycles. The van der Waals surface area contributed by atoms with Crippen LogP contribution < -0.4 is 0 Å². The van der Waals surface area contributed by atoms with E-state index in [1.54, 1.807) is 6.92 Å². The first-order valence-electron chi connectivity index (χ1n) is 7.08. The standard InChI is InChI=1S/C7H12O2.C6H10O3.C2H2Cl2.C2H3Cl/c1-3-5-6-9-7(8)4-2;1-5(2)6(8)9-4-3-7;1-2(3)4;1-2-3/h4H,2-3,5-6H2,1H3;7H,1,3-4H2,2H3;1H2;2H,1H2. The van der Waals surface area contributed by atoms with Gasteiger partial charge < -0.3 is 14.6 Å². The van der Waals surface area contributed by atoms with Crippen LogP contribution in [-0.4, -0.2) is 36.9 Å². The summed E-state index contributed by atoms with van der Waals surface area (Å²) in [6.07, 6.45) is 3.15. The Labute approximate surface area is 165 Å². The number of hydrogen-bond donors (Lipinski definition) is 1. The molecule has 0 saturated carbocycles. The normalized spacial score (nSPS) is 7.76. The first-order valence-corrected chi connectivity index (χ1v) is 8.27. The molecule has 0 aromatic carbocycles. The van der Waals surface area contributed by atoms with Crippen molar-refractivity contribution in [2.75, 3.05) is 19.8 Å². The van der Waals surface area contributed by atoms with Gasteiger partial charge >= 0.3 is 11.9 Å². The molecule has 0 unspecified atom stereocenters. The van der Waals surface area contributed by atoms with Gasteiger partial charge in [-0.15, -0.1) is 0 Å². The summed E-state index contributed by atoms with van der Waals surface area (Å²) in [5.41, 5.74) is 1.57. The van der Waals surface area contributed by atoms with Gasteiger partial charge in [0.25, 0.3) is 0 Å². The molecule has 0 atom stereocenters. The van der Waals surface area contributed by atoms with Crippen LogP contribution in [-0.2, 0) is 19.1 Å². The topological polar surface area (TPSA) is 72.8 Å². The van der Waals surface area contributed by atoms with Gasteiger partial charge in [0.1, 0.15) is 6.61 Å². The van der Waals surface area contributed by atoms with E-state index in [0.717, 1.165) is 12.8 Å². The highest BCUT2D eigenvalue weighted by Crippen LogP contribution is 1.98. The molecule has 1 N–H and O–H groups in total. The number of carbonyl (C=O) groups is 2. The molecule has 0 aromatic heterocycles. The summed E-state index contributed by atoms with van der Waals surface area (Å²) >= 11 is 14.5. The summed E-state index contributed by atoms with van der Waals surface area (Å²) in [6, 6.07) is 0. The summed E-state index contributed by atoms with van der Waals surface area (Å²) in [7, 11) is 0. The zero-order chi connectivity index (χ0) is 20.7. The molecule has 5 nitrogen and oxygen atoms in total. The Balaban J connectivity index is -0.000000130. The number of esters is 2. The quantitative estimate of drug-likeness (QED) is 0.362. The molecule has 0 amide bonds. The van der Waals surface area contributed by atoms with E-state index in [4.69, 9.17) is 39.9 Å². The number of unbranched alkanes of at least 4 members (excludes halogenated alkanes) is 1. The number of halogens is 3. The fourth-order valence-corrected chi connectivity index (χ4v) is 0.638. The van der Waals surface area contributed by atoms with Gasteiger partial charge in [0.05, 0.1) is 17.7 Å². The zero-order valence-electron chi connectivity index (χ0n) is 14.7. The van der Waals surface area contributed by atoms with Gasteiger partial charge in [-0.1, -0.05) is 74.5 Å². The maximum Gasteiger partial charge on any atom is 0.333 e. The van der Waals surface area contributed by atoms with Gasteiger partial charge in [0.2, 0.25) is 0 Å². The molecule has 25 heavy (non-hydrogen) atoms. The molecule has 0 radical (unpaired) electrons. The predicted molar refractivity (Wildman–Crippen MR) is 106 cm³/mol. The predicted octanol–water partition coefficient (Wildman–Crippen LogP) is 4.92. The van der Waals surface area contributed by atoms with E-state index >= 15 is 0 Å². The summed E-state index contributed by atoms with van der Waals surface area (Å²) in [6.45, 7) is 16.9. The van der Waals surface area contributed by atoms with E-state index in [9.17, 15) is 9.59 Å². The van der Waals surface area contributed by atoms with E-state index in [1.807, 2.05) is 6.92 Å². The third kappa shape index (κ3) is 51.8. The lowest BCUT2D eigenvalue weighted by molar-refractivity contribution is -0.140. The third-order valence-corrected chi connectivity index (χ3v) is 1.58. The van der Waals surface area contributed by atoms with Gasteiger partial charge in [-0.05, 0) is 18.9 Å². The molecule has 0 spiro atoms. The monoisotopic (exact) mass is 416 g/mol. The molecule has 146 valence electrons. The Morgan fingerprint density at radius 1 is 1.12 bits per heavy atom. The highest BCUT2D eigenvalue weighted by Gasteiger charge is 1.99. The van der Waals surface area contributed by atoms with Crippen LogP contribution in [0.5, 0.6) is 0 Å². The molecule has 0 fully saturated rings. The number of aliphatic hydroxyl groups excluding tert-OH is 1. The van der Waals surface area contributed by atoms with E-state index in [-0.39, 0.29) is 23.7 Å². The van der Waals surface area contributed by atoms with Gasteiger partial charge in [-0.2, -0.15) is 0 Å². The van der Waals surface area contributed by atoms with Crippen LogP contribution in [0.1, 0.15) is 26.7 Å². The van der Waals surface area contributed by atoms with E-state index in [2.05, 4.69) is 35.8 Å². The molecule has 8 heteroatoms. The maximum absolute atomic E-state index is 10.5. The Hall–Kier alpha value is -1.27. The average molecular weight is 418 g/mol. The van der Waals surface area contributed by atoms with Crippen molar-refractivity contribution >= 4 is 46.7 Å². The first kappa shape index (κ1) is 31.5. The van der Waals surface area contributed by atoms with Crippen LogP contribution in [0.2, 0.25) is 0 Å². The van der Waals surface area contributed by atoms with Crippen molar-refractivity contribution in [3.63, 3.8) is 0 Å². The lowest BCUT2D eigenvalue weighted by Gasteiger charge is -1.99. The molecular weight excluding hydrogens is 391 g/mol. The van der Waals surface area contributed by atoms with Crippen LogP contribution in [0.15, 0.2) is 48.0 Å². The van der Waals surface area contributed by atoms with Crippen LogP contribution in [0.25, 0.3) is 0 Å². The number of carbonyl (C=O) groups excluding carboxylic acids is 2. The maximum atomic E-state index is 10.5. The summed E-state index contributed by atoms with van der Waals surface area (Å²) in [4.78, 5) is 20.8. The van der Waals surface area contributed by atoms with Gasteiger partial charge in [-0.25, -0.2) is 9.59 Å². The van der Waals surface area contributed by atoms with Crippen molar-refractivity contribution in [1.82, 2.24) is 0 Å². The van der Waals surface area contributed by atoms with Crippen molar-refractivity contribution in [2.24, 2.45) is 0 Å². The number of aliphatic hydroxyl groups is 1. The number of hydrogen-bond acceptors (Lipinski definition) is 5. The Morgan fingerprint density at radius 2 is 1.56 bits per heavy atom. The molecule has 0 heterocycles. The highest BCUT2D eigenvalue weighted by molar-refractivity contribution is 6.55. The number of rotatable bonds is 7. The summed E-state index contributed by atoms with van der Waals surface area (Å²) in [5.74, 6) is -0.785. The second-order valence-corrected chi connectivity index (χ2v) is 5.27. The van der Waals surface area contributed by atoms with Crippen molar-refractivity contribution in [1.29, 1.82) is 0 Å². The third-order valence-electron chi connectivity index (χ3n) is 1.58. The first-order chi connectivity index (χ1) is 11.6. The SMILES string of the molecule is C=C(C)C(=O)OCCO.C=C(Cl)Cl.C=CC(=O)OCCCC.C=CCl. The molecular formula is C17H27Cl3O5. The molecule has 0 saturated heterocycles. The molecule has 0 aliphatic heterocycles. The Morgan fingerprint density at radius 3 is 1.84 bits per heavy atom. The van der Waals surface area contributed by atoms with E-state index in [0.29, 0.717) is 12.2 Å². The van der Waals surface area contributed by atoms with Gasteiger partial charge in [0.15, 0.2) is 0 Å². The summed E-state index contributed by atoms with van der Waals surface area (Å²) in [5, 5.41) is 8.19. The second kappa shape index (κ2) is 27.6. The van der Waals surface area contributed by atoms with E-state index in [1.165, 1.54) is 11.6 Å². The van der Waals surface area contributed by atoms with E-state index < -0.39 is 5.97 Å². The van der Waals surface area contributed by atoms with Crippen LogP contribution in [0.3, 0.4) is 0 Å². The minimum atomic E-state index is -0.455. The zero-order valence-corrected chi connectivity index (χ0v) is 17.0. The van der Waals surface area contributed by atoms with Crippen molar-refractivity contribution in [3.05, 3.63) is 48.0 Å². The molecule has 0 rings (SSSR count). The minimum Gasteiger partial charge on any atom is -0.463 e. The smallest absolute Gasteiger partial charge is 0.333 e. The fourth-order valence-electron chi connectivity index (χ4n) is 0.638. The van der Waals surface area contributed by atoms with Gasteiger partial charge in [-0.3, -0.25) is 0 Å². The minimum absolute atomic E-state index is 0.0473. The molecule has 0 bridgehead atoms. The van der Waals surface area contributed by atoms with Crippen molar-refractivity contribution in [3.8, 4) is 0 Å². The molecule has 0 aromatic rings. The largest absolute Gasteiger partial charge is 0.463 e.